The number of nitrogens with one attached hydrogen (secondary N) is 1. The number of aliphatic carboxylic acids is 1. The molecule has 0 saturated heterocycles. The number of carboxylic acid groups (broad SMARTS) is 1. The number of hydrogen-bond acceptors (Lipinski definition) is 4. The van der Waals surface area contributed by atoms with Gasteiger partial charge in [-0.25, -0.2) is 4.79 Å². The Morgan fingerprint density at radius 1 is 1.03 bits per heavy atom. The van der Waals surface area contributed by atoms with Gasteiger partial charge >= 0.3 is 12.1 Å². The van der Waals surface area contributed by atoms with Crippen molar-refractivity contribution in [2.45, 2.75) is 32.2 Å². The largest absolute Gasteiger partial charge is 0.481 e. The molecule has 0 fully saturated rings. The van der Waals surface area contributed by atoms with E-state index in [4.69, 9.17) is 9.84 Å². The van der Waals surface area contributed by atoms with Crippen molar-refractivity contribution in [1.29, 1.82) is 0 Å². The highest BCUT2D eigenvalue weighted by molar-refractivity contribution is 5.81. The molecule has 0 heterocycles. The highest BCUT2D eigenvalue weighted by Gasteiger charge is 2.30. The third-order valence-corrected chi connectivity index (χ3v) is 5.87. The standard InChI is InChI=1S/C24H28N2O5/c1-15(23(29)26(3)13-12-22(27)28)16(2)25-24(30)31-14-21-19-10-6-4-8-17(19)18-9-5-7-11-20(18)21/h4-11,15-16,21H,12-14H2,1-3H3,(H,25,30)(H,27,28). The van der Waals surface area contributed by atoms with E-state index < -0.39 is 24.0 Å². The van der Waals surface area contributed by atoms with Gasteiger partial charge in [-0.2, -0.15) is 0 Å². The molecule has 7 heteroatoms. The number of carbonyl (C=O) groups excluding carboxylic acids is 2. The lowest BCUT2D eigenvalue weighted by Gasteiger charge is -2.25. The van der Waals surface area contributed by atoms with Crippen LogP contribution < -0.4 is 5.32 Å². The Labute approximate surface area is 182 Å². The van der Waals surface area contributed by atoms with E-state index in [1.165, 1.54) is 4.90 Å². The number of alkyl carbamates (subject to hydrolysis) is 1. The SMILES string of the molecule is CC(NC(=O)OCC1c2ccccc2-c2ccccc21)C(C)C(=O)N(C)CCC(=O)O. The van der Waals surface area contributed by atoms with Crippen molar-refractivity contribution >= 4 is 18.0 Å². The zero-order valence-corrected chi connectivity index (χ0v) is 18.0. The van der Waals surface area contributed by atoms with Gasteiger partial charge in [-0.15, -0.1) is 0 Å². The molecule has 0 aromatic heterocycles. The van der Waals surface area contributed by atoms with E-state index in [0.29, 0.717) is 0 Å². The zero-order chi connectivity index (χ0) is 22.5. The minimum atomic E-state index is -0.961. The van der Waals surface area contributed by atoms with E-state index in [-0.39, 0.29) is 31.4 Å². The second-order valence-electron chi connectivity index (χ2n) is 7.95. The number of fused-ring (bicyclic) bond motifs is 3. The average molecular weight is 424 g/mol. The maximum absolute atomic E-state index is 12.5. The molecule has 2 atom stereocenters. The van der Waals surface area contributed by atoms with Gasteiger partial charge in [-0.05, 0) is 29.2 Å². The van der Waals surface area contributed by atoms with Gasteiger partial charge in [0.2, 0.25) is 5.91 Å². The zero-order valence-electron chi connectivity index (χ0n) is 18.0. The molecule has 0 spiro atoms. The number of ether oxygens (including phenoxy) is 1. The molecule has 2 aromatic carbocycles. The van der Waals surface area contributed by atoms with Crippen LogP contribution in [0.5, 0.6) is 0 Å². The maximum Gasteiger partial charge on any atom is 0.407 e. The smallest absolute Gasteiger partial charge is 0.407 e. The second-order valence-corrected chi connectivity index (χ2v) is 7.95. The Morgan fingerprint density at radius 2 is 1.58 bits per heavy atom. The summed E-state index contributed by atoms with van der Waals surface area (Å²) in [7, 11) is 1.56. The van der Waals surface area contributed by atoms with Crippen molar-refractivity contribution in [3.63, 3.8) is 0 Å². The second kappa shape index (κ2) is 9.64. The summed E-state index contributed by atoms with van der Waals surface area (Å²) >= 11 is 0. The first kappa shape index (κ1) is 22.3. The van der Waals surface area contributed by atoms with Gasteiger partial charge in [0.25, 0.3) is 0 Å². The number of carboxylic acids is 1. The van der Waals surface area contributed by atoms with Crippen molar-refractivity contribution in [2.24, 2.45) is 5.92 Å². The Morgan fingerprint density at radius 3 is 2.13 bits per heavy atom. The molecule has 7 nitrogen and oxygen atoms in total. The van der Waals surface area contributed by atoms with Crippen molar-refractivity contribution in [1.82, 2.24) is 10.2 Å². The molecule has 164 valence electrons. The molecule has 2 unspecified atom stereocenters. The van der Waals surface area contributed by atoms with Crippen LogP contribution in [0.25, 0.3) is 11.1 Å². The topological polar surface area (TPSA) is 95.9 Å². The fraction of sp³-hybridized carbons (Fsp3) is 0.375. The molecule has 0 bridgehead atoms. The van der Waals surface area contributed by atoms with Crippen LogP contribution in [0.3, 0.4) is 0 Å². The van der Waals surface area contributed by atoms with E-state index in [9.17, 15) is 14.4 Å². The third-order valence-electron chi connectivity index (χ3n) is 5.87. The summed E-state index contributed by atoms with van der Waals surface area (Å²) in [5.41, 5.74) is 4.58. The molecular weight excluding hydrogens is 396 g/mol. The fourth-order valence-corrected chi connectivity index (χ4v) is 3.89. The van der Waals surface area contributed by atoms with Crippen LogP contribution in [0.2, 0.25) is 0 Å². The molecule has 1 aliphatic rings. The maximum atomic E-state index is 12.5. The van der Waals surface area contributed by atoms with Gasteiger partial charge in [-0.3, -0.25) is 9.59 Å². The van der Waals surface area contributed by atoms with Gasteiger partial charge < -0.3 is 20.1 Å². The van der Waals surface area contributed by atoms with Crippen molar-refractivity contribution in [2.75, 3.05) is 20.2 Å². The molecule has 2 amide bonds. The molecule has 0 aliphatic heterocycles. The van der Waals surface area contributed by atoms with Gasteiger partial charge in [0.05, 0.1) is 12.3 Å². The van der Waals surface area contributed by atoms with Gasteiger partial charge in [0, 0.05) is 25.6 Å². The summed E-state index contributed by atoms with van der Waals surface area (Å²) in [4.78, 5) is 36.9. The summed E-state index contributed by atoms with van der Waals surface area (Å²) in [6, 6.07) is 15.8. The highest BCUT2D eigenvalue weighted by Crippen LogP contribution is 2.44. The first-order valence-corrected chi connectivity index (χ1v) is 10.4. The molecule has 0 saturated carbocycles. The van der Waals surface area contributed by atoms with E-state index in [1.807, 2.05) is 24.3 Å². The molecular formula is C24H28N2O5. The Bertz CT molecular complexity index is 928. The minimum absolute atomic E-state index is 0.0327. The quantitative estimate of drug-likeness (QED) is 0.676. The van der Waals surface area contributed by atoms with Gasteiger partial charge in [-0.1, -0.05) is 55.5 Å². The van der Waals surface area contributed by atoms with Crippen molar-refractivity contribution in [3.05, 3.63) is 59.7 Å². The number of amides is 2. The first-order valence-electron chi connectivity index (χ1n) is 10.4. The number of carbonyl (C=O) groups is 3. The average Bonchev–Trinajstić information content (AvgIpc) is 3.08. The molecule has 2 aromatic rings. The monoisotopic (exact) mass is 424 g/mol. The lowest BCUT2D eigenvalue weighted by atomic mass is 9.98. The summed E-state index contributed by atoms with van der Waals surface area (Å²) in [6.07, 6.45) is -0.703. The van der Waals surface area contributed by atoms with Crippen LogP contribution >= 0.6 is 0 Å². The summed E-state index contributed by atoms with van der Waals surface area (Å²) in [5, 5.41) is 11.5. The predicted molar refractivity (Wildman–Crippen MR) is 117 cm³/mol. The van der Waals surface area contributed by atoms with E-state index in [0.717, 1.165) is 22.3 Å². The summed E-state index contributed by atoms with van der Waals surface area (Å²) in [6.45, 7) is 3.76. The molecule has 31 heavy (non-hydrogen) atoms. The highest BCUT2D eigenvalue weighted by atomic mass is 16.5. The van der Waals surface area contributed by atoms with Crippen molar-refractivity contribution < 1.29 is 24.2 Å². The van der Waals surface area contributed by atoms with Crippen LogP contribution in [0, 0.1) is 5.92 Å². The van der Waals surface area contributed by atoms with Crippen LogP contribution in [0.15, 0.2) is 48.5 Å². The molecule has 2 N–H and O–H groups in total. The number of rotatable bonds is 8. The molecule has 1 aliphatic carbocycles. The Balaban J connectivity index is 1.57. The van der Waals surface area contributed by atoms with Crippen LogP contribution in [-0.4, -0.2) is 54.2 Å². The summed E-state index contributed by atoms with van der Waals surface area (Å²) in [5.74, 6) is -1.74. The number of benzene rings is 2. The number of hydrogen-bond donors (Lipinski definition) is 2. The van der Waals surface area contributed by atoms with Gasteiger partial charge in [0.15, 0.2) is 0 Å². The van der Waals surface area contributed by atoms with Crippen LogP contribution in [-0.2, 0) is 14.3 Å². The fourth-order valence-electron chi connectivity index (χ4n) is 3.89. The Kier molecular flexibility index (Phi) is 6.95. The lowest BCUT2D eigenvalue weighted by molar-refractivity contribution is -0.139. The van der Waals surface area contributed by atoms with Crippen LogP contribution in [0.1, 0.15) is 37.3 Å². The first-order chi connectivity index (χ1) is 14.8. The lowest BCUT2D eigenvalue weighted by Crippen LogP contribution is -2.45. The van der Waals surface area contributed by atoms with Crippen molar-refractivity contribution in [3.8, 4) is 11.1 Å². The normalized spacial score (nSPS) is 14.2. The van der Waals surface area contributed by atoms with Gasteiger partial charge in [0.1, 0.15) is 6.61 Å². The van der Waals surface area contributed by atoms with E-state index in [2.05, 4.69) is 29.6 Å². The molecule has 3 rings (SSSR count). The third kappa shape index (κ3) is 5.05. The predicted octanol–water partition coefficient (Wildman–Crippen LogP) is 3.48. The minimum Gasteiger partial charge on any atom is -0.481 e. The number of nitrogens with zero attached hydrogens (tertiary/aromatic N) is 1. The Hall–Kier alpha value is -3.35. The summed E-state index contributed by atoms with van der Waals surface area (Å²) < 4.78 is 5.53. The van der Waals surface area contributed by atoms with Crippen LogP contribution in [0.4, 0.5) is 4.79 Å². The molecule has 0 radical (unpaired) electrons. The van der Waals surface area contributed by atoms with E-state index >= 15 is 0 Å². The van der Waals surface area contributed by atoms with E-state index in [1.54, 1.807) is 20.9 Å².